The number of amides is 1. The van der Waals surface area contributed by atoms with Crippen molar-refractivity contribution in [3.8, 4) is 0 Å². The minimum Gasteiger partial charge on any atom is -0.381 e. The standard InChI is InChI=1S/C14H26N2O2/c1-16(13-7-10-18-11-8-13)14(17)6-5-12-4-2-3-9-15-12/h12-13,15H,2-11H2,1H3. The van der Waals surface area contributed by atoms with Crippen LogP contribution in [-0.2, 0) is 9.53 Å². The molecule has 2 rings (SSSR count). The third kappa shape index (κ3) is 3.95. The van der Waals surface area contributed by atoms with Crippen molar-refractivity contribution in [1.82, 2.24) is 10.2 Å². The maximum Gasteiger partial charge on any atom is 0.222 e. The molecule has 2 heterocycles. The van der Waals surface area contributed by atoms with E-state index in [-0.39, 0.29) is 0 Å². The van der Waals surface area contributed by atoms with E-state index in [0.29, 0.717) is 24.4 Å². The van der Waals surface area contributed by atoms with Crippen molar-refractivity contribution >= 4 is 5.91 Å². The number of carbonyl (C=O) groups excluding carboxylic acids is 1. The van der Waals surface area contributed by atoms with Gasteiger partial charge in [0, 0.05) is 38.8 Å². The van der Waals surface area contributed by atoms with Crippen molar-refractivity contribution in [2.24, 2.45) is 0 Å². The number of ether oxygens (including phenoxy) is 1. The van der Waals surface area contributed by atoms with Crippen molar-refractivity contribution in [3.63, 3.8) is 0 Å². The molecule has 0 aromatic rings. The van der Waals surface area contributed by atoms with E-state index in [1.165, 1.54) is 19.3 Å². The van der Waals surface area contributed by atoms with Gasteiger partial charge in [-0.25, -0.2) is 0 Å². The highest BCUT2D eigenvalue weighted by atomic mass is 16.5. The molecule has 18 heavy (non-hydrogen) atoms. The van der Waals surface area contributed by atoms with E-state index in [1.54, 1.807) is 0 Å². The van der Waals surface area contributed by atoms with Crippen molar-refractivity contribution in [2.45, 2.75) is 57.0 Å². The average molecular weight is 254 g/mol. The Morgan fingerprint density at radius 2 is 2.06 bits per heavy atom. The third-order valence-corrected chi connectivity index (χ3v) is 4.25. The second-order valence-corrected chi connectivity index (χ2v) is 5.53. The predicted molar refractivity (Wildman–Crippen MR) is 71.5 cm³/mol. The van der Waals surface area contributed by atoms with Crippen LogP contribution in [0.4, 0.5) is 0 Å². The number of nitrogens with one attached hydrogen (secondary N) is 1. The molecule has 2 aliphatic heterocycles. The van der Waals surface area contributed by atoms with E-state index < -0.39 is 0 Å². The molecule has 104 valence electrons. The molecule has 2 saturated heterocycles. The first-order valence-electron chi connectivity index (χ1n) is 7.34. The Morgan fingerprint density at radius 1 is 1.28 bits per heavy atom. The van der Waals surface area contributed by atoms with Crippen LogP contribution in [0.2, 0.25) is 0 Å². The first-order valence-corrected chi connectivity index (χ1v) is 7.34. The molecule has 0 aromatic heterocycles. The zero-order valence-corrected chi connectivity index (χ0v) is 11.5. The van der Waals surface area contributed by atoms with Gasteiger partial charge in [0.15, 0.2) is 0 Å². The van der Waals surface area contributed by atoms with E-state index >= 15 is 0 Å². The fourth-order valence-electron chi connectivity index (χ4n) is 2.92. The highest BCUT2D eigenvalue weighted by Crippen LogP contribution is 2.16. The van der Waals surface area contributed by atoms with Crippen LogP contribution < -0.4 is 5.32 Å². The maximum absolute atomic E-state index is 12.1. The summed E-state index contributed by atoms with van der Waals surface area (Å²) in [5.41, 5.74) is 0. The summed E-state index contributed by atoms with van der Waals surface area (Å²) in [5, 5.41) is 3.50. The molecule has 1 atom stereocenters. The molecule has 0 saturated carbocycles. The van der Waals surface area contributed by atoms with Crippen LogP contribution in [0.1, 0.15) is 44.9 Å². The van der Waals surface area contributed by atoms with Gasteiger partial charge in [-0.1, -0.05) is 6.42 Å². The van der Waals surface area contributed by atoms with Crippen LogP contribution in [0, 0.1) is 0 Å². The normalized spacial score (nSPS) is 25.9. The molecular formula is C14H26N2O2. The van der Waals surface area contributed by atoms with E-state index in [2.05, 4.69) is 5.32 Å². The SMILES string of the molecule is CN(C(=O)CCC1CCCCN1)C1CCOCC1. The summed E-state index contributed by atoms with van der Waals surface area (Å²) in [6.45, 7) is 2.72. The molecule has 1 unspecified atom stereocenters. The maximum atomic E-state index is 12.1. The molecule has 4 heteroatoms. The lowest BCUT2D eigenvalue weighted by Gasteiger charge is -2.32. The van der Waals surface area contributed by atoms with Gasteiger partial charge in [0.1, 0.15) is 0 Å². The minimum atomic E-state index is 0.300. The average Bonchev–Trinajstić information content (AvgIpc) is 2.46. The summed E-state index contributed by atoms with van der Waals surface area (Å²) in [4.78, 5) is 14.1. The van der Waals surface area contributed by atoms with E-state index in [9.17, 15) is 4.79 Å². The second kappa shape index (κ2) is 7.10. The molecule has 0 aliphatic carbocycles. The lowest BCUT2D eigenvalue weighted by atomic mass is 10.00. The zero-order valence-electron chi connectivity index (χ0n) is 11.5. The van der Waals surface area contributed by atoms with Crippen molar-refractivity contribution in [2.75, 3.05) is 26.8 Å². The Balaban J connectivity index is 1.69. The third-order valence-electron chi connectivity index (χ3n) is 4.25. The lowest BCUT2D eigenvalue weighted by molar-refractivity contribution is -0.133. The summed E-state index contributed by atoms with van der Waals surface area (Å²) in [6, 6.07) is 0.955. The van der Waals surface area contributed by atoms with Crippen molar-refractivity contribution in [3.05, 3.63) is 0 Å². The van der Waals surface area contributed by atoms with E-state index in [4.69, 9.17) is 4.74 Å². The van der Waals surface area contributed by atoms with Crippen LogP contribution >= 0.6 is 0 Å². The van der Waals surface area contributed by atoms with Gasteiger partial charge >= 0.3 is 0 Å². The van der Waals surface area contributed by atoms with E-state index in [1.807, 2.05) is 11.9 Å². The number of hydrogen-bond acceptors (Lipinski definition) is 3. The van der Waals surface area contributed by atoms with Gasteiger partial charge in [0.05, 0.1) is 0 Å². The largest absolute Gasteiger partial charge is 0.381 e. The summed E-state index contributed by atoms with van der Waals surface area (Å²) in [6.07, 6.45) is 7.48. The Hall–Kier alpha value is -0.610. The van der Waals surface area contributed by atoms with Crippen LogP contribution in [0.25, 0.3) is 0 Å². The van der Waals surface area contributed by atoms with Crippen LogP contribution in [0.5, 0.6) is 0 Å². The van der Waals surface area contributed by atoms with Crippen LogP contribution in [0.15, 0.2) is 0 Å². The Kier molecular flexibility index (Phi) is 5.45. The molecular weight excluding hydrogens is 228 g/mol. The molecule has 1 amide bonds. The molecule has 2 fully saturated rings. The smallest absolute Gasteiger partial charge is 0.222 e. The Bertz CT molecular complexity index is 259. The van der Waals surface area contributed by atoms with Gasteiger partial charge in [-0.3, -0.25) is 4.79 Å². The highest BCUT2D eigenvalue weighted by molar-refractivity contribution is 5.76. The number of carbonyl (C=O) groups is 1. The summed E-state index contributed by atoms with van der Waals surface area (Å²) in [7, 11) is 1.95. The predicted octanol–water partition coefficient (Wildman–Crippen LogP) is 1.55. The lowest BCUT2D eigenvalue weighted by Crippen LogP contribution is -2.41. The highest BCUT2D eigenvalue weighted by Gasteiger charge is 2.23. The molecule has 2 aliphatic rings. The fourth-order valence-corrected chi connectivity index (χ4v) is 2.92. The van der Waals surface area contributed by atoms with E-state index in [0.717, 1.165) is 39.0 Å². The van der Waals surface area contributed by atoms with Gasteiger partial charge in [0.2, 0.25) is 5.91 Å². The molecule has 0 bridgehead atoms. The van der Waals surface area contributed by atoms with Gasteiger partial charge in [-0.05, 0) is 38.6 Å². The molecule has 0 aromatic carbocycles. The minimum absolute atomic E-state index is 0.300. The first-order chi connectivity index (χ1) is 8.77. The summed E-state index contributed by atoms with van der Waals surface area (Å²) < 4.78 is 5.34. The summed E-state index contributed by atoms with van der Waals surface area (Å²) in [5.74, 6) is 0.300. The monoisotopic (exact) mass is 254 g/mol. The topological polar surface area (TPSA) is 41.6 Å². The fraction of sp³-hybridized carbons (Fsp3) is 0.929. The Morgan fingerprint density at radius 3 is 2.72 bits per heavy atom. The van der Waals surface area contributed by atoms with Crippen LogP contribution in [0.3, 0.4) is 0 Å². The molecule has 4 nitrogen and oxygen atoms in total. The van der Waals surface area contributed by atoms with Gasteiger partial charge in [0.25, 0.3) is 0 Å². The molecule has 0 radical (unpaired) electrons. The Labute approximate surface area is 110 Å². The summed E-state index contributed by atoms with van der Waals surface area (Å²) >= 11 is 0. The van der Waals surface area contributed by atoms with Gasteiger partial charge in [-0.15, -0.1) is 0 Å². The quantitative estimate of drug-likeness (QED) is 0.827. The van der Waals surface area contributed by atoms with Gasteiger partial charge < -0.3 is 15.0 Å². The number of nitrogens with zero attached hydrogens (tertiary/aromatic N) is 1. The molecule has 1 N–H and O–H groups in total. The number of piperidine rings is 1. The van der Waals surface area contributed by atoms with Crippen molar-refractivity contribution in [1.29, 1.82) is 0 Å². The number of hydrogen-bond donors (Lipinski definition) is 1. The number of rotatable bonds is 4. The molecule has 0 spiro atoms. The zero-order chi connectivity index (χ0) is 12.8. The first kappa shape index (κ1) is 13.8. The van der Waals surface area contributed by atoms with Crippen molar-refractivity contribution < 1.29 is 9.53 Å². The second-order valence-electron chi connectivity index (χ2n) is 5.53. The van der Waals surface area contributed by atoms with Gasteiger partial charge in [-0.2, -0.15) is 0 Å². The van der Waals surface area contributed by atoms with Crippen LogP contribution in [-0.4, -0.2) is 49.7 Å².